The van der Waals surface area contributed by atoms with Gasteiger partial charge in [0.05, 0.1) is 29.3 Å². The molecule has 1 aliphatic rings. The van der Waals surface area contributed by atoms with Gasteiger partial charge in [-0.2, -0.15) is 0 Å². The molecule has 0 aliphatic carbocycles. The summed E-state index contributed by atoms with van der Waals surface area (Å²) in [6.45, 7) is 4.12. The fraction of sp³-hybridized carbons (Fsp3) is 0.179. The zero-order chi connectivity index (χ0) is 25.4. The maximum atomic E-state index is 13.4. The molecule has 0 bridgehead atoms. The number of phenolic OH excluding ortho intramolecular Hbond substituents is 1. The van der Waals surface area contributed by atoms with E-state index in [2.05, 4.69) is 9.97 Å². The van der Waals surface area contributed by atoms with E-state index in [1.807, 2.05) is 37.3 Å². The number of carbonyl (C=O) groups excluding carboxylic acids is 2. The zero-order valence-corrected chi connectivity index (χ0v) is 19.9. The normalized spacial score (nSPS) is 17.2. The van der Waals surface area contributed by atoms with Crippen LogP contribution < -0.4 is 9.64 Å². The third kappa shape index (κ3) is 3.86. The molecular formula is C28H25N3O5. The van der Waals surface area contributed by atoms with Crippen LogP contribution in [0.2, 0.25) is 0 Å². The monoisotopic (exact) mass is 483 g/mol. The van der Waals surface area contributed by atoms with E-state index in [1.165, 1.54) is 11.0 Å². The van der Waals surface area contributed by atoms with Gasteiger partial charge < -0.3 is 19.9 Å². The zero-order valence-electron chi connectivity index (χ0n) is 19.9. The molecule has 0 radical (unpaired) electrons. The number of aromatic nitrogens is 2. The number of amides is 1. The van der Waals surface area contributed by atoms with E-state index in [4.69, 9.17) is 4.74 Å². The summed E-state index contributed by atoms with van der Waals surface area (Å²) < 4.78 is 5.55. The molecule has 0 spiro atoms. The van der Waals surface area contributed by atoms with Crippen LogP contribution in [0.25, 0.3) is 16.8 Å². The van der Waals surface area contributed by atoms with Crippen molar-refractivity contribution < 1.29 is 24.5 Å². The molecule has 36 heavy (non-hydrogen) atoms. The molecule has 1 saturated heterocycles. The predicted octanol–water partition coefficient (Wildman–Crippen LogP) is 4.86. The molecule has 1 unspecified atom stereocenters. The lowest BCUT2D eigenvalue weighted by atomic mass is 9.94. The Morgan fingerprint density at radius 2 is 1.81 bits per heavy atom. The first-order valence-electron chi connectivity index (χ1n) is 11.7. The number of carbonyl (C=O) groups is 2. The number of nitrogens with one attached hydrogen (secondary N) is 1. The van der Waals surface area contributed by atoms with Crippen molar-refractivity contribution in [2.45, 2.75) is 26.3 Å². The number of benzene rings is 3. The minimum atomic E-state index is -1.00. The Labute approximate surface area is 207 Å². The number of anilines is 1. The van der Waals surface area contributed by atoms with Crippen molar-refractivity contribution in [2.24, 2.45) is 0 Å². The van der Waals surface area contributed by atoms with Crippen LogP contribution in [0.4, 0.5) is 5.95 Å². The molecule has 1 aliphatic heterocycles. The SMILES string of the molecule is CCOc1cc(C2/C(=C(\O)c3ccc(CC)cc3)C(=O)C(=O)N2c2nc3ccccc3[nH]2)ccc1O. The largest absolute Gasteiger partial charge is 0.507 e. The second-order valence-electron chi connectivity index (χ2n) is 8.46. The van der Waals surface area contributed by atoms with Gasteiger partial charge in [0.25, 0.3) is 5.78 Å². The van der Waals surface area contributed by atoms with E-state index >= 15 is 0 Å². The molecule has 8 nitrogen and oxygen atoms in total. The number of aliphatic hydroxyl groups is 1. The first-order valence-corrected chi connectivity index (χ1v) is 11.7. The number of aromatic amines is 1. The number of phenols is 1. The lowest BCUT2D eigenvalue weighted by Gasteiger charge is -2.23. The molecule has 1 aromatic heterocycles. The Balaban J connectivity index is 1.72. The Morgan fingerprint density at radius 3 is 2.50 bits per heavy atom. The van der Waals surface area contributed by atoms with E-state index in [0.717, 1.165) is 12.0 Å². The number of ether oxygens (including phenoxy) is 1. The first kappa shape index (κ1) is 23.2. The summed E-state index contributed by atoms with van der Waals surface area (Å²) in [5.41, 5.74) is 3.22. The molecule has 1 amide bonds. The number of imidazole rings is 1. The van der Waals surface area contributed by atoms with E-state index in [-0.39, 0.29) is 28.8 Å². The number of aryl methyl sites for hydroxylation is 1. The maximum Gasteiger partial charge on any atom is 0.302 e. The number of hydrogen-bond donors (Lipinski definition) is 3. The average Bonchev–Trinajstić information content (AvgIpc) is 3.43. The van der Waals surface area contributed by atoms with Gasteiger partial charge in [0.1, 0.15) is 5.76 Å². The highest BCUT2D eigenvalue weighted by Crippen LogP contribution is 2.43. The average molecular weight is 484 g/mol. The molecule has 3 N–H and O–H groups in total. The summed E-state index contributed by atoms with van der Waals surface area (Å²) in [5, 5.41) is 21.5. The number of ketones is 1. The molecule has 0 saturated carbocycles. The highest BCUT2D eigenvalue weighted by molar-refractivity contribution is 6.51. The van der Waals surface area contributed by atoms with Gasteiger partial charge in [-0.15, -0.1) is 0 Å². The van der Waals surface area contributed by atoms with Gasteiger partial charge in [-0.3, -0.25) is 14.5 Å². The standard InChI is InChI=1S/C28H25N3O5/c1-3-16-9-11-17(12-10-16)25(33)23-24(18-13-14-21(32)22(15-18)36-4-2)31(27(35)26(23)34)28-29-19-7-5-6-8-20(19)30-28/h5-15,24,32-33H,3-4H2,1-2H3,(H,29,30)/b25-23+. The smallest absolute Gasteiger partial charge is 0.302 e. The molecule has 5 rings (SSSR count). The highest BCUT2D eigenvalue weighted by Gasteiger charge is 2.48. The van der Waals surface area contributed by atoms with Crippen molar-refractivity contribution in [1.82, 2.24) is 9.97 Å². The van der Waals surface area contributed by atoms with Gasteiger partial charge in [0.2, 0.25) is 5.95 Å². The minimum Gasteiger partial charge on any atom is -0.507 e. The van der Waals surface area contributed by atoms with Crippen LogP contribution in [0.15, 0.2) is 72.3 Å². The summed E-state index contributed by atoms with van der Waals surface area (Å²) >= 11 is 0. The van der Waals surface area contributed by atoms with Gasteiger partial charge in [0.15, 0.2) is 11.5 Å². The molecular weight excluding hydrogens is 458 g/mol. The van der Waals surface area contributed by atoms with Crippen molar-refractivity contribution in [3.63, 3.8) is 0 Å². The molecule has 1 atom stereocenters. The van der Waals surface area contributed by atoms with Gasteiger partial charge in [-0.25, -0.2) is 4.98 Å². The second-order valence-corrected chi connectivity index (χ2v) is 8.46. The van der Waals surface area contributed by atoms with Gasteiger partial charge in [-0.1, -0.05) is 49.4 Å². The van der Waals surface area contributed by atoms with Crippen molar-refractivity contribution in [1.29, 1.82) is 0 Å². The van der Waals surface area contributed by atoms with Gasteiger partial charge in [-0.05, 0) is 48.7 Å². The van der Waals surface area contributed by atoms with E-state index in [9.17, 15) is 19.8 Å². The number of rotatable bonds is 6. The number of nitrogens with zero attached hydrogens (tertiary/aromatic N) is 2. The summed E-state index contributed by atoms with van der Waals surface area (Å²) in [6.07, 6.45) is 0.825. The van der Waals surface area contributed by atoms with E-state index in [1.54, 1.807) is 37.3 Å². The Morgan fingerprint density at radius 1 is 1.06 bits per heavy atom. The Kier molecular flexibility index (Phi) is 5.93. The molecule has 8 heteroatoms. The lowest BCUT2D eigenvalue weighted by molar-refractivity contribution is -0.132. The topological polar surface area (TPSA) is 116 Å². The minimum absolute atomic E-state index is 0.0714. The third-order valence-corrected chi connectivity index (χ3v) is 6.28. The lowest BCUT2D eigenvalue weighted by Crippen LogP contribution is -2.30. The number of Topliss-reactive ketones (excluding diaryl/α,β-unsaturated/α-hetero) is 1. The summed E-state index contributed by atoms with van der Waals surface area (Å²) in [5.74, 6) is -1.63. The third-order valence-electron chi connectivity index (χ3n) is 6.28. The van der Waals surface area contributed by atoms with Crippen molar-refractivity contribution >= 4 is 34.4 Å². The summed E-state index contributed by atoms with van der Waals surface area (Å²) in [4.78, 5) is 35.6. The van der Waals surface area contributed by atoms with Crippen LogP contribution in [-0.2, 0) is 16.0 Å². The van der Waals surface area contributed by atoms with Gasteiger partial charge >= 0.3 is 5.91 Å². The quantitative estimate of drug-likeness (QED) is 0.205. The van der Waals surface area contributed by atoms with Crippen LogP contribution in [0.3, 0.4) is 0 Å². The van der Waals surface area contributed by atoms with E-state index < -0.39 is 17.7 Å². The number of aromatic hydroxyl groups is 1. The first-order chi connectivity index (χ1) is 17.4. The molecule has 182 valence electrons. The molecule has 3 aromatic carbocycles. The van der Waals surface area contributed by atoms with Crippen molar-refractivity contribution in [3.05, 3.63) is 89.0 Å². The van der Waals surface area contributed by atoms with E-state index in [0.29, 0.717) is 28.8 Å². The van der Waals surface area contributed by atoms with Crippen molar-refractivity contribution in [3.8, 4) is 11.5 Å². The number of fused-ring (bicyclic) bond motifs is 1. The second kappa shape index (κ2) is 9.22. The molecule has 2 heterocycles. The van der Waals surface area contributed by atoms with Gasteiger partial charge in [0, 0.05) is 5.56 Å². The molecule has 4 aromatic rings. The number of para-hydroxylation sites is 2. The van der Waals surface area contributed by atoms with Crippen LogP contribution in [-0.4, -0.2) is 38.5 Å². The highest BCUT2D eigenvalue weighted by atomic mass is 16.5. The van der Waals surface area contributed by atoms with Crippen LogP contribution in [0, 0.1) is 0 Å². The summed E-state index contributed by atoms with van der Waals surface area (Å²) in [7, 11) is 0. The Bertz CT molecular complexity index is 1470. The fourth-order valence-electron chi connectivity index (χ4n) is 4.45. The number of aliphatic hydroxyl groups excluding tert-OH is 1. The Hall–Kier alpha value is -4.59. The van der Waals surface area contributed by atoms with Crippen LogP contribution in [0.5, 0.6) is 11.5 Å². The fourth-order valence-corrected chi connectivity index (χ4v) is 4.45. The van der Waals surface area contributed by atoms with Crippen molar-refractivity contribution in [2.75, 3.05) is 11.5 Å². The maximum absolute atomic E-state index is 13.4. The van der Waals surface area contributed by atoms with Crippen LogP contribution >= 0.6 is 0 Å². The number of hydrogen-bond acceptors (Lipinski definition) is 6. The number of H-pyrrole nitrogens is 1. The summed E-state index contributed by atoms with van der Waals surface area (Å²) in [6, 6.07) is 18.1. The predicted molar refractivity (Wildman–Crippen MR) is 136 cm³/mol. The van der Waals surface area contributed by atoms with Crippen LogP contribution in [0.1, 0.15) is 36.6 Å². The molecule has 1 fully saturated rings.